The van der Waals surface area contributed by atoms with Crippen LogP contribution >= 0.6 is 0 Å². The first-order valence-corrected chi connectivity index (χ1v) is 4.50. The largest absolute Gasteiger partial charge is 0.382 e. The molecule has 2 rings (SSSR count). The van der Waals surface area contributed by atoms with Crippen molar-refractivity contribution in [1.82, 2.24) is 0 Å². The molecule has 0 fully saturated rings. The summed E-state index contributed by atoms with van der Waals surface area (Å²) in [5.74, 6) is -2.54. The van der Waals surface area contributed by atoms with Crippen LogP contribution < -0.4 is 5.32 Å². The molecule has 0 aliphatic carbocycles. The molecule has 76 valence electrons. The van der Waals surface area contributed by atoms with Gasteiger partial charge >= 0.3 is 0 Å². The molecule has 4 heteroatoms. The van der Waals surface area contributed by atoms with Crippen LogP contribution in [-0.4, -0.2) is 6.54 Å². The zero-order valence-electron chi connectivity index (χ0n) is 7.70. The zero-order valence-corrected chi connectivity index (χ0v) is 7.70. The standard InChI is InChI=1S/C10H10F3N/c1-5-2-6-7(11)3-8(12)9(13)10(6)14-4-5/h3,5,14H,2,4H2,1H3. The van der Waals surface area contributed by atoms with Gasteiger partial charge in [-0.15, -0.1) is 0 Å². The first-order chi connectivity index (χ1) is 6.59. The van der Waals surface area contributed by atoms with Gasteiger partial charge in [-0.2, -0.15) is 0 Å². The summed E-state index contributed by atoms with van der Waals surface area (Å²) in [4.78, 5) is 0. The highest BCUT2D eigenvalue weighted by Crippen LogP contribution is 2.31. The van der Waals surface area contributed by atoms with Crippen LogP contribution in [-0.2, 0) is 6.42 Å². The second-order valence-electron chi connectivity index (χ2n) is 3.70. The van der Waals surface area contributed by atoms with Gasteiger partial charge in [0.2, 0.25) is 0 Å². The molecule has 1 aliphatic rings. The van der Waals surface area contributed by atoms with Gasteiger partial charge in [-0.3, -0.25) is 0 Å². The van der Waals surface area contributed by atoms with Gasteiger partial charge in [0.25, 0.3) is 0 Å². The van der Waals surface area contributed by atoms with Gasteiger partial charge in [-0.25, -0.2) is 13.2 Å². The molecule has 14 heavy (non-hydrogen) atoms. The van der Waals surface area contributed by atoms with E-state index >= 15 is 0 Å². The highest BCUT2D eigenvalue weighted by atomic mass is 19.2. The third-order valence-electron chi connectivity index (χ3n) is 2.45. The summed E-state index contributed by atoms with van der Waals surface area (Å²) in [6.07, 6.45) is 0.450. The lowest BCUT2D eigenvalue weighted by atomic mass is 9.95. The first-order valence-electron chi connectivity index (χ1n) is 4.50. The van der Waals surface area contributed by atoms with E-state index in [0.717, 1.165) is 0 Å². The van der Waals surface area contributed by atoms with Crippen molar-refractivity contribution in [2.24, 2.45) is 5.92 Å². The Bertz CT molecular complexity index is 376. The monoisotopic (exact) mass is 201 g/mol. The van der Waals surface area contributed by atoms with Crippen molar-refractivity contribution >= 4 is 5.69 Å². The van der Waals surface area contributed by atoms with Crippen molar-refractivity contribution in [3.63, 3.8) is 0 Å². The van der Waals surface area contributed by atoms with Crippen molar-refractivity contribution in [3.05, 3.63) is 29.1 Å². The maximum absolute atomic E-state index is 13.2. The van der Waals surface area contributed by atoms with E-state index in [1.807, 2.05) is 6.92 Å². The Kier molecular flexibility index (Phi) is 2.13. The van der Waals surface area contributed by atoms with E-state index in [-0.39, 0.29) is 17.2 Å². The molecule has 1 atom stereocenters. The summed E-state index contributed by atoms with van der Waals surface area (Å²) in [7, 11) is 0. The van der Waals surface area contributed by atoms with Crippen LogP contribution in [0.2, 0.25) is 0 Å². The van der Waals surface area contributed by atoms with Crippen LogP contribution in [0.5, 0.6) is 0 Å². The number of anilines is 1. The minimum atomic E-state index is -1.14. The first kappa shape index (κ1) is 9.37. The SMILES string of the molecule is CC1CNc2c(F)c(F)cc(F)c2C1. The Morgan fingerprint density at radius 1 is 1.29 bits per heavy atom. The number of hydrogen-bond acceptors (Lipinski definition) is 1. The molecule has 0 amide bonds. The lowest BCUT2D eigenvalue weighted by Crippen LogP contribution is -2.23. The Labute approximate surface area is 79.9 Å². The predicted octanol–water partition coefficient (Wildman–Crippen LogP) is 2.71. The number of nitrogens with one attached hydrogen (secondary N) is 1. The lowest BCUT2D eigenvalue weighted by Gasteiger charge is -2.24. The molecule has 0 saturated carbocycles. The van der Waals surface area contributed by atoms with Crippen molar-refractivity contribution in [1.29, 1.82) is 0 Å². The molecular formula is C10H10F3N. The van der Waals surface area contributed by atoms with Crippen molar-refractivity contribution in [2.45, 2.75) is 13.3 Å². The maximum atomic E-state index is 13.2. The third-order valence-corrected chi connectivity index (χ3v) is 2.45. The number of halogens is 3. The molecule has 0 radical (unpaired) electrons. The van der Waals surface area contributed by atoms with Gasteiger partial charge in [0, 0.05) is 18.2 Å². The number of benzene rings is 1. The normalized spacial score (nSPS) is 20.1. The fourth-order valence-electron chi connectivity index (χ4n) is 1.71. The van der Waals surface area contributed by atoms with Crippen LogP contribution in [0.1, 0.15) is 12.5 Å². The van der Waals surface area contributed by atoms with Gasteiger partial charge < -0.3 is 5.32 Å². The van der Waals surface area contributed by atoms with Gasteiger partial charge in [0.1, 0.15) is 5.82 Å². The molecule has 0 spiro atoms. The Balaban J connectivity index is 2.57. The number of hydrogen-bond donors (Lipinski definition) is 1. The topological polar surface area (TPSA) is 12.0 Å². The second-order valence-corrected chi connectivity index (χ2v) is 3.70. The molecular weight excluding hydrogens is 191 g/mol. The smallest absolute Gasteiger partial charge is 0.182 e. The van der Waals surface area contributed by atoms with Gasteiger partial charge in [-0.05, 0) is 12.3 Å². The summed E-state index contributed by atoms with van der Waals surface area (Å²) < 4.78 is 39.2. The van der Waals surface area contributed by atoms with Crippen LogP contribution in [0.3, 0.4) is 0 Å². The molecule has 0 bridgehead atoms. The minimum absolute atomic E-state index is 0.0133. The van der Waals surface area contributed by atoms with Crippen LogP contribution in [0.15, 0.2) is 6.07 Å². The molecule has 1 nitrogen and oxygen atoms in total. The summed E-state index contributed by atoms with van der Waals surface area (Å²) in [6.45, 7) is 2.48. The molecule has 1 unspecified atom stereocenters. The van der Waals surface area contributed by atoms with E-state index in [1.165, 1.54) is 0 Å². The Morgan fingerprint density at radius 3 is 2.71 bits per heavy atom. The average molecular weight is 201 g/mol. The summed E-state index contributed by atoms with van der Waals surface area (Å²) in [6, 6.07) is 0.605. The fourth-order valence-corrected chi connectivity index (χ4v) is 1.71. The van der Waals surface area contributed by atoms with Gasteiger partial charge in [0.15, 0.2) is 11.6 Å². The molecule has 1 N–H and O–H groups in total. The predicted molar refractivity (Wildman–Crippen MR) is 47.7 cm³/mol. The number of rotatable bonds is 0. The fraction of sp³-hybridized carbons (Fsp3) is 0.400. The van der Waals surface area contributed by atoms with E-state index in [0.29, 0.717) is 19.0 Å². The maximum Gasteiger partial charge on any atom is 0.182 e. The van der Waals surface area contributed by atoms with E-state index in [2.05, 4.69) is 5.32 Å². The number of fused-ring (bicyclic) bond motifs is 1. The van der Waals surface area contributed by atoms with Crippen LogP contribution in [0, 0.1) is 23.4 Å². The van der Waals surface area contributed by atoms with E-state index < -0.39 is 17.5 Å². The summed E-state index contributed by atoms with van der Waals surface area (Å²) >= 11 is 0. The van der Waals surface area contributed by atoms with E-state index in [1.54, 1.807) is 0 Å². The molecule has 0 saturated heterocycles. The van der Waals surface area contributed by atoms with Gasteiger partial charge in [-0.1, -0.05) is 6.92 Å². The lowest BCUT2D eigenvalue weighted by molar-refractivity contribution is 0.476. The van der Waals surface area contributed by atoms with E-state index in [9.17, 15) is 13.2 Å². The van der Waals surface area contributed by atoms with Crippen LogP contribution in [0.4, 0.5) is 18.9 Å². The van der Waals surface area contributed by atoms with Crippen LogP contribution in [0.25, 0.3) is 0 Å². The zero-order chi connectivity index (χ0) is 10.3. The van der Waals surface area contributed by atoms with Gasteiger partial charge in [0.05, 0.1) is 5.69 Å². The van der Waals surface area contributed by atoms with Crippen molar-refractivity contribution in [2.75, 3.05) is 11.9 Å². The van der Waals surface area contributed by atoms with E-state index in [4.69, 9.17) is 0 Å². The molecule has 1 heterocycles. The van der Waals surface area contributed by atoms with Crippen molar-refractivity contribution in [3.8, 4) is 0 Å². The quantitative estimate of drug-likeness (QED) is 0.636. The Morgan fingerprint density at radius 2 is 2.00 bits per heavy atom. The highest BCUT2D eigenvalue weighted by Gasteiger charge is 2.23. The summed E-state index contributed by atoms with van der Waals surface area (Å²) in [5, 5.41) is 2.71. The third kappa shape index (κ3) is 1.35. The Hall–Kier alpha value is -1.19. The summed E-state index contributed by atoms with van der Waals surface area (Å²) in [5.41, 5.74) is 0.239. The molecule has 1 aliphatic heterocycles. The average Bonchev–Trinajstić information content (AvgIpc) is 2.14. The second kappa shape index (κ2) is 3.19. The molecule has 1 aromatic carbocycles. The van der Waals surface area contributed by atoms with Crippen molar-refractivity contribution < 1.29 is 13.2 Å². The molecule has 0 aromatic heterocycles. The minimum Gasteiger partial charge on any atom is -0.382 e. The highest BCUT2D eigenvalue weighted by molar-refractivity contribution is 5.55. The molecule has 1 aromatic rings.